The molecule has 38 heteroatoms. The van der Waals surface area contributed by atoms with Gasteiger partial charge in [-0.1, -0.05) is 134 Å². The van der Waals surface area contributed by atoms with Gasteiger partial charge in [0.05, 0.1) is 80.1 Å². The lowest BCUT2D eigenvalue weighted by atomic mass is 9.95. The molecule has 15 aromatic rings. The molecule has 2 N–H and O–H groups in total. The molecule has 0 bridgehead atoms. The molecule has 0 atom stereocenters. The standard InChI is InChI=1S/C32H34BrClFN5O2.C27H31BrClFN4O2.C26H25BrClFN4O2S.C26H25BrClFN4O2/c33-24-5-4-23(28(34)17-24)16-27-26(30(41)20-42-19-22-2-3-22)18-29-32(31(27)35)37-21-40(29)11-1-10-38-12-14-39(15-13-38)25-6-8-36-9-7-25;28-20-5-4-19(23(29)13-20)12-22-21(25(35)16-36-15-18-2-3-18)14-24-27(26(22)30)32-17-34(24)9-1-8-33-10-6-31-7-11-33;27-18-5-4-17(21(28)11-18)10-20-19(23(34)14-35-13-16-2-3-16)12-22-25(24(20)29)32-15-33(22)8-1-6-30-26-31-7-9-36-26;27-19-5-4-18(22(28)11-19)10-21-20(24(34)14-35-13-17-2-3-17)12-23-26(25(21)29)31-16-33(23)8-1-7-32-9-6-30-15-32/h4-9,17-18,21-22H,1-3,10-16,19-20H2;4-5,13-14,17-18,31H,1-3,6-12,15-16H2;4-5,7,9,11-12,15-16H,1-3,6,8,10,13-14H2,(H,30,31);4-6,9,11-12,15-17H,1-3,7-8,10,13-14H2. The van der Waals surface area contributed by atoms with Gasteiger partial charge in [-0.25, -0.2) is 47.5 Å². The summed E-state index contributed by atoms with van der Waals surface area (Å²) in [6, 6.07) is 33.1. The number of ether oxygens (including phenoxy) is 4. The van der Waals surface area contributed by atoms with Gasteiger partial charge in [-0.3, -0.25) is 29.1 Å². The van der Waals surface area contributed by atoms with Crippen LogP contribution in [0.5, 0.6) is 0 Å². The molecule has 2 saturated heterocycles. The van der Waals surface area contributed by atoms with Gasteiger partial charge in [0.1, 0.15) is 48.5 Å². The molecule has 4 saturated carbocycles. The SMILES string of the molecule is O=C(COCC1CC1)c1cc2c(ncn2CCCN2CCN(c3ccncc3)CC2)c(F)c1Cc1ccc(Br)cc1Cl.O=C(COCC1CC1)c1cc2c(ncn2CCCN2CCNCC2)c(F)c1Cc1ccc(Br)cc1Cl.O=C(COCC1CC1)c1cc2c(ncn2CCCNc2nccs2)c(F)c1Cc1ccc(Br)cc1Cl.O=C(COCC1CC1)c1cc2c(ncn2CCCn2ccnc2)c(F)c1Cc1ccc(Br)cc1Cl. The highest BCUT2D eigenvalue weighted by molar-refractivity contribution is 9.11. The molecule has 0 amide bonds. The lowest BCUT2D eigenvalue weighted by molar-refractivity contribution is 0.0734. The van der Waals surface area contributed by atoms with E-state index in [0.29, 0.717) is 163 Å². The van der Waals surface area contributed by atoms with Crippen molar-refractivity contribution in [2.24, 2.45) is 23.7 Å². The second-order valence-corrected chi connectivity index (χ2v) is 45.1. The predicted molar refractivity (Wildman–Crippen MR) is 592 cm³/mol. The van der Waals surface area contributed by atoms with Crippen molar-refractivity contribution in [3.05, 3.63) is 305 Å². The number of thiazole rings is 1. The van der Waals surface area contributed by atoms with Gasteiger partial charge < -0.3 is 62.2 Å². The monoisotopic (exact) mass is 2380 g/mol. The van der Waals surface area contributed by atoms with E-state index in [1.54, 1.807) is 104 Å². The minimum Gasteiger partial charge on any atom is -0.373 e. The van der Waals surface area contributed by atoms with Gasteiger partial charge in [0.2, 0.25) is 0 Å². The number of imidazole rings is 5. The molecule has 149 heavy (non-hydrogen) atoms. The molecule has 4 aliphatic carbocycles. The highest BCUT2D eigenvalue weighted by Crippen LogP contribution is 2.40. The van der Waals surface area contributed by atoms with Crippen LogP contribution in [-0.2, 0) is 77.4 Å². The molecule has 7 aromatic heterocycles. The normalized spacial score (nSPS) is 14.9. The third-order valence-corrected chi connectivity index (χ3v) is 31.8. The quantitative estimate of drug-likeness (QED) is 0.0204. The van der Waals surface area contributed by atoms with Gasteiger partial charge in [-0.05, 0) is 221 Å². The number of carbonyl (C=O) groups excluding carboxylic acids is 4. The van der Waals surface area contributed by atoms with E-state index in [0.717, 1.165) is 201 Å². The van der Waals surface area contributed by atoms with E-state index < -0.39 is 23.3 Å². The minimum atomic E-state index is -0.489. The molecule has 9 heterocycles. The zero-order chi connectivity index (χ0) is 104. The Balaban J connectivity index is 0.000000130. The van der Waals surface area contributed by atoms with Crippen LogP contribution < -0.4 is 15.5 Å². The van der Waals surface area contributed by atoms with Crippen LogP contribution in [0.4, 0.5) is 28.4 Å². The van der Waals surface area contributed by atoms with Crippen molar-refractivity contribution in [3.8, 4) is 0 Å². The van der Waals surface area contributed by atoms with Gasteiger partial charge in [0.15, 0.2) is 51.5 Å². The molecule has 6 aliphatic rings. The highest BCUT2D eigenvalue weighted by atomic mass is 79.9. The van der Waals surface area contributed by atoms with E-state index in [2.05, 4.69) is 136 Å². The molecule has 0 unspecified atom stereocenters. The summed E-state index contributed by atoms with van der Waals surface area (Å²) in [5.41, 5.74) is 10.3. The molecule has 0 radical (unpaired) electrons. The lowest BCUT2D eigenvalue weighted by Crippen LogP contribution is -2.46. The lowest BCUT2D eigenvalue weighted by Gasteiger charge is -2.36. The van der Waals surface area contributed by atoms with E-state index >= 15 is 17.6 Å². The van der Waals surface area contributed by atoms with E-state index in [1.165, 1.54) is 5.69 Å². The number of aromatic nitrogens is 12. The largest absolute Gasteiger partial charge is 0.373 e. The number of Topliss-reactive ketones (excluding diaryl/α,β-unsaturated/α-hetero) is 4. The molecule has 2 aliphatic heterocycles. The number of pyridine rings is 1. The zero-order valence-corrected chi connectivity index (χ0v) is 92.4. The summed E-state index contributed by atoms with van der Waals surface area (Å²) in [5.74, 6) is -0.643. The Kier molecular flexibility index (Phi) is 38.4. The maximum absolute atomic E-state index is 16.1. The highest BCUT2D eigenvalue weighted by Gasteiger charge is 2.33. The second kappa shape index (κ2) is 52.4. The Labute approximate surface area is 919 Å². The molecular formula is C111H115Br4Cl4F4N17O8S. The maximum Gasteiger partial charge on any atom is 0.188 e. The predicted octanol–water partition coefficient (Wildman–Crippen LogP) is 24.3. The van der Waals surface area contributed by atoms with Gasteiger partial charge in [-0.2, -0.15) is 0 Å². The zero-order valence-electron chi connectivity index (χ0n) is 82.3. The van der Waals surface area contributed by atoms with Crippen molar-refractivity contribution in [2.75, 3.05) is 135 Å². The van der Waals surface area contributed by atoms with Crippen LogP contribution in [0.1, 0.15) is 163 Å². The number of fused-ring (bicyclic) bond motifs is 4. The number of nitrogens with one attached hydrogen (secondary N) is 2. The van der Waals surface area contributed by atoms with Crippen LogP contribution in [0.15, 0.2) is 195 Å². The van der Waals surface area contributed by atoms with Gasteiger partial charge in [-0.15, -0.1) is 11.3 Å². The first-order valence-corrected chi connectivity index (χ1v) is 56.2. The van der Waals surface area contributed by atoms with Crippen molar-refractivity contribution in [3.63, 3.8) is 0 Å². The Hall–Kier alpha value is -9.57. The van der Waals surface area contributed by atoms with Crippen LogP contribution in [0.2, 0.25) is 20.1 Å². The Bertz CT molecular complexity index is 7200. The number of aryl methyl sites for hydroxylation is 5. The summed E-state index contributed by atoms with van der Waals surface area (Å²) in [7, 11) is 0. The number of hydrogen-bond donors (Lipinski definition) is 2. The molecule has 21 rings (SSSR count). The summed E-state index contributed by atoms with van der Waals surface area (Å²) >= 11 is 41.0. The van der Waals surface area contributed by atoms with Gasteiger partial charge in [0, 0.05) is 242 Å². The van der Waals surface area contributed by atoms with Gasteiger partial charge in [0.25, 0.3) is 0 Å². The molecule has 6 fully saturated rings. The maximum atomic E-state index is 16.1. The second-order valence-electron chi connectivity index (χ2n) is 38.9. The minimum absolute atomic E-state index is 0.0559. The summed E-state index contributed by atoms with van der Waals surface area (Å²) in [4.78, 5) is 90.3. The smallest absolute Gasteiger partial charge is 0.188 e. The first-order valence-electron chi connectivity index (χ1n) is 50.7. The average molecular weight is 2380 g/mol. The van der Waals surface area contributed by atoms with Crippen LogP contribution in [0.3, 0.4) is 0 Å². The van der Waals surface area contributed by atoms with Crippen LogP contribution in [0.25, 0.3) is 44.1 Å². The number of anilines is 2. The van der Waals surface area contributed by atoms with Crippen molar-refractivity contribution in [1.82, 2.24) is 72.8 Å². The number of benzene rings is 8. The summed E-state index contributed by atoms with van der Waals surface area (Å²) in [6.07, 6.45) is 30.8. The topological polar surface area (TPSA) is 254 Å². The number of rotatable bonds is 46. The van der Waals surface area contributed by atoms with Crippen LogP contribution in [0, 0.1) is 46.9 Å². The average Bonchev–Trinajstić information content (AvgIpc) is 1.50. The fourth-order valence-corrected chi connectivity index (χ4v) is 22.1. The molecule has 25 nitrogen and oxygen atoms in total. The van der Waals surface area contributed by atoms with Crippen LogP contribution in [-0.4, -0.2) is 216 Å². The Morgan fingerprint density at radius 2 is 0.718 bits per heavy atom. The number of carbonyl (C=O) groups is 4. The number of nitrogens with zero attached hydrogens (tertiary/aromatic N) is 15. The summed E-state index contributed by atoms with van der Waals surface area (Å²) in [5, 5.41) is 11.5. The number of piperazine rings is 2. The Morgan fingerprint density at radius 3 is 1.03 bits per heavy atom. The number of ketones is 4. The fraction of sp³-hybridized carbons (Fsp3) is 0.396. The third kappa shape index (κ3) is 29.5. The van der Waals surface area contributed by atoms with Gasteiger partial charge >= 0.3 is 0 Å². The summed E-state index contributed by atoms with van der Waals surface area (Å²) < 4.78 is 99.6. The van der Waals surface area contributed by atoms with E-state index in [1.807, 2.05) is 95.3 Å². The number of halogens is 12. The van der Waals surface area contributed by atoms with Crippen molar-refractivity contribution in [2.45, 2.75) is 135 Å². The number of hydrogen-bond acceptors (Lipinski definition) is 21. The fourth-order valence-electron chi connectivity index (χ4n) is 18.6. The van der Waals surface area contributed by atoms with E-state index in [-0.39, 0.29) is 97.3 Å². The van der Waals surface area contributed by atoms with Crippen molar-refractivity contribution >= 4 is 200 Å². The molecule has 0 spiro atoms. The first kappa shape index (κ1) is 109. The van der Waals surface area contributed by atoms with E-state index in [9.17, 15) is 19.2 Å². The molecular weight excluding hydrogens is 2270 g/mol. The van der Waals surface area contributed by atoms with Crippen LogP contribution >= 0.6 is 121 Å². The van der Waals surface area contributed by atoms with E-state index in [4.69, 9.17) is 65.4 Å². The third-order valence-electron chi connectivity index (χ3n) is 27.7. The molecule has 8 aromatic carbocycles. The molecule has 782 valence electrons. The van der Waals surface area contributed by atoms with Crippen molar-refractivity contribution in [1.29, 1.82) is 0 Å². The van der Waals surface area contributed by atoms with Crippen molar-refractivity contribution < 1.29 is 55.7 Å². The summed E-state index contributed by atoms with van der Waals surface area (Å²) in [6.45, 7) is 16.1. The first-order chi connectivity index (χ1) is 72.4. The Morgan fingerprint density at radius 1 is 0.383 bits per heavy atom.